The molecule has 4 aromatic carbocycles. The van der Waals surface area contributed by atoms with Gasteiger partial charge < -0.3 is 25.6 Å². The molecule has 56 heavy (non-hydrogen) atoms. The van der Waals surface area contributed by atoms with Crippen LogP contribution in [0.3, 0.4) is 0 Å². The quantitative estimate of drug-likeness (QED) is 0.0842. The zero-order chi connectivity index (χ0) is 40.3. The van der Waals surface area contributed by atoms with Gasteiger partial charge in [0, 0.05) is 28.5 Å². The number of esters is 2. The maximum Gasteiger partial charge on any atom is 0.308 e. The third-order valence-electron chi connectivity index (χ3n) is 8.81. The summed E-state index contributed by atoms with van der Waals surface area (Å²) in [5.41, 5.74) is 12.6. The summed E-state index contributed by atoms with van der Waals surface area (Å²) in [7, 11) is 0. The minimum Gasteiger partial charge on any atom is -0.481 e. The fraction of sp³-hybridized carbons (Fsp3) is 0.364. The summed E-state index contributed by atoms with van der Waals surface area (Å²) >= 11 is 12.1. The van der Waals surface area contributed by atoms with Crippen molar-refractivity contribution >= 4 is 59.4 Å². The molecule has 12 heteroatoms. The second-order valence-corrected chi connectivity index (χ2v) is 14.4. The second kappa shape index (κ2) is 25.0. The Kier molecular flexibility index (Phi) is 21.3. The minimum atomic E-state index is -1.02. The van der Waals surface area contributed by atoms with Gasteiger partial charge in [0.25, 0.3) is 0 Å². The molecule has 4 atom stereocenters. The molecule has 4 aromatic rings. The van der Waals surface area contributed by atoms with Crippen LogP contribution in [0.2, 0.25) is 10.0 Å². The Labute approximate surface area is 346 Å². The molecule has 0 saturated heterocycles. The number of carbonyl (C=O) groups is 4. The lowest BCUT2D eigenvalue weighted by atomic mass is 9.94. The van der Waals surface area contributed by atoms with E-state index in [1.807, 2.05) is 86.6 Å². The van der Waals surface area contributed by atoms with Crippen LogP contribution in [0.4, 0.5) is 0 Å². The van der Waals surface area contributed by atoms with Gasteiger partial charge in [-0.05, 0) is 97.2 Å². The number of benzene rings is 4. The van der Waals surface area contributed by atoms with E-state index in [0.29, 0.717) is 37.5 Å². The number of carbonyl (C=O) groups excluding carboxylic acids is 3. The van der Waals surface area contributed by atoms with Crippen molar-refractivity contribution in [3.05, 3.63) is 118 Å². The van der Waals surface area contributed by atoms with Crippen LogP contribution in [0.15, 0.2) is 97.1 Å². The largest absolute Gasteiger partial charge is 0.481 e. The molecular formula is C44H53Cl3N2O7. The van der Waals surface area contributed by atoms with Gasteiger partial charge in [-0.25, -0.2) is 0 Å². The number of amides is 1. The van der Waals surface area contributed by atoms with Gasteiger partial charge in [0.1, 0.15) is 0 Å². The molecule has 0 bridgehead atoms. The molecule has 4 rings (SSSR count). The maximum absolute atomic E-state index is 12.2. The van der Waals surface area contributed by atoms with Gasteiger partial charge >= 0.3 is 17.9 Å². The fourth-order valence-corrected chi connectivity index (χ4v) is 6.41. The zero-order valence-corrected chi connectivity index (χ0v) is 34.7. The van der Waals surface area contributed by atoms with Crippen LogP contribution in [0.25, 0.3) is 22.3 Å². The monoisotopic (exact) mass is 826 g/mol. The van der Waals surface area contributed by atoms with Crippen LogP contribution in [-0.4, -0.2) is 54.2 Å². The summed E-state index contributed by atoms with van der Waals surface area (Å²) in [5.74, 6) is -2.43. The van der Waals surface area contributed by atoms with E-state index in [1.54, 1.807) is 13.8 Å². The van der Waals surface area contributed by atoms with E-state index in [1.165, 1.54) is 0 Å². The van der Waals surface area contributed by atoms with Crippen LogP contribution < -0.4 is 11.1 Å². The van der Waals surface area contributed by atoms with Crippen molar-refractivity contribution in [2.45, 2.75) is 78.3 Å². The van der Waals surface area contributed by atoms with Gasteiger partial charge in [-0.1, -0.05) is 110 Å². The molecule has 9 nitrogen and oxygen atoms in total. The standard InChI is InChI=1S/C24H28ClNO5.C20H24ClNO2.ClH/c1-3-31-24(30)16(2)13-21(26-22(27)11-12-23(28)29)14-17-7-9-18(10-8-17)19-5-4-6-20(25)15-19;1-3-24-20(23)14(2)11-19(22)12-15-7-9-16(10-8-15)17-5-4-6-18(21)13-17;/h4-10,15-16,21H,3,11-14H2,1-2H3,(H,26,27)(H,28,29);4-10,13-14,19H,3,11-12,22H2,1-2H3;1H/t16-,21-;14?,19-;/m00./s1. The molecule has 0 radical (unpaired) electrons. The zero-order valence-electron chi connectivity index (χ0n) is 32.3. The lowest BCUT2D eigenvalue weighted by molar-refractivity contribution is -0.148. The van der Waals surface area contributed by atoms with Gasteiger partial charge in [0.05, 0.1) is 31.5 Å². The Balaban J connectivity index is 0.000000392. The molecular weight excluding hydrogens is 775 g/mol. The lowest BCUT2D eigenvalue weighted by Gasteiger charge is -2.22. The Morgan fingerprint density at radius 3 is 1.54 bits per heavy atom. The number of ether oxygens (including phenoxy) is 2. The first-order valence-electron chi connectivity index (χ1n) is 18.6. The summed E-state index contributed by atoms with van der Waals surface area (Å²) in [6.45, 7) is 7.88. The highest BCUT2D eigenvalue weighted by molar-refractivity contribution is 6.31. The summed E-state index contributed by atoms with van der Waals surface area (Å²) < 4.78 is 10.1. The smallest absolute Gasteiger partial charge is 0.308 e. The number of nitrogens with two attached hydrogens (primary N) is 1. The minimum absolute atomic E-state index is 0. The van der Waals surface area contributed by atoms with E-state index >= 15 is 0 Å². The molecule has 1 unspecified atom stereocenters. The Morgan fingerprint density at radius 2 is 1.11 bits per heavy atom. The third-order valence-corrected chi connectivity index (χ3v) is 9.28. The molecule has 302 valence electrons. The SMILES string of the molecule is CCOC(=O)C(C)C[C@H](N)Cc1ccc(-c2cccc(Cl)c2)cc1.CCOC(=O)[C@@H](C)C[C@@H](Cc1ccc(-c2cccc(Cl)c2)cc1)NC(=O)CCC(=O)O.Cl. The number of carboxylic acid groups (broad SMARTS) is 1. The van der Waals surface area contributed by atoms with Crippen LogP contribution in [0.5, 0.6) is 0 Å². The molecule has 0 aliphatic heterocycles. The third kappa shape index (κ3) is 17.2. The summed E-state index contributed by atoms with van der Waals surface area (Å²) in [5, 5.41) is 13.1. The molecule has 0 spiro atoms. The number of aliphatic carboxylic acids is 1. The molecule has 0 aliphatic carbocycles. The summed E-state index contributed by atoms with van der Waals surface area (Å²) in [4.78, 5) is 46.6. The van der Waals surface area contributed by atoms with Crippen LogP contribution in [-0.2, 0) is 41.5 Å². The van der Waals surface area contributed by atoms with Crippen molar-refractivity contribution < 1.29 is 33.8 Å². The van der Waals surface area contributed by atoms with E-state index < -0.39 is 11.9 Å². The van der Waals surface area contributed by atoms with Gasteiger partial charge in [0.15, 0.2) is 0 Å². The van der Waals surface area contributed by atoms with E-state index in [-0.39, 0.29) is 61.1 Å². The number of rotatable bonds is 18. The second-order valence-electron chi connectivity index (χ2n) is 13.5. The summed E-state index contributed by atoms with van der Waals surface area (Å²) in [6.07, 6.45) is 1.92. The van der Waals surface area contributed by atoms with Crippen LogP contribution >= 0.6 is 35.6 Å². The highest BCUT2D eigenvalue weighted by Gasteiger charge is 2.22. The van der Waals surface area contributed by atoms with E-state index in [4.69, 9.17) is 43.5 Å². The average molecular weight is 828 g/mol. The van der Waals surface area contributed by atoms with E-state index in [9.17, 15) is 19.2 Å². The van der Waals surface area contributed by atoms with Crippen molar-refractivity contribution in [1.82, 2.24) is 5.32 Å². The van der Waals surface area contributed by atoms with Gasteiger partial charge in [-0.2, -0.15) is 0 Å². The maximum atomic E-state index is 12.2. The molecule has 0 heterocycles. The summed E-state index contributed by atoms with van der Waals surface area (Å²) in [6, 6.07) is 31.2. The van der Waals surface area contributed by atoms with Gasteiger partial charge in [0.2, 0.25) is 5.91 Å². The molecule has 0 saturated carbocycles. The predicted octanol–water partition coefficient (Wildman–Crippen LogP) is 9.38. The van der Waals surface area contributed by atoms with E-state index in [2.05, 4.69) is 29.6 Å². The molecule has 0 aliphatic rings. The molecule has 1 amide bonds. The van der Waals surface area contributed by atoms with Crippen LogP contribution in [0, 0.1) is 11.8 Å². The van der Waals surface area contributed by atoms with Gasteiger partial charge in [-0.3, -0.25) is 19.2 Å². The molecule has 4 N–H and O–H groups in total. The first kappa shape index (κ1) is 47.7. The van der Waals surface area contributed by atoms with Crippen molar-refractivity contribution in [3.63, 3.8) is 0 Å². The number of nitrogens with one attached hydrogen (secondary N) is 1. The normalized spacial score (nSPS) is 12.7. The predicted molar refractivity (Wildman–Crippen MR) is 226 cm³/mol. The van der Waals surface area contributed by atoms with Crippen molar-refractivity contribution in [2.75, 3.05) is 13.2 Å². The van der Waals surface area contributed by atoms with Gasteiger partial charge in [-0.15, -0.1) is 12.4 Å². The molecule has 0 aromatic heterocycles. The Morgan fingerprint density at radius 1 is 0.661 bits per heavy atom. The number of halogens is 3. The highest BCUT2D eigenvalue weighted by Crippen LogP contribution is 2.25. The number of hydrogen-bond acceptors (Lipinski definition) is 7. The van der Waals surface area contributed by atoms with Crippen molar-refractivity contribution in [1.29, 1.82) is 0 Å². The fourth-order valence-electron chi connectivity index (χ4n) is 6.03. The molecule has 0 fully saturated rings. The number of hydrogen-bond donors (Lipinski definition) is 3. The van der Waals surface area contributed by atoms with Crippen molar-refractivity contribution in [2.24, 2.45) is 17.6 Å². The first-order chi connectivity index (χ1) is 26.3. The van der Waals surface area contributed by atoms with E-state index in [0.717, 1.165) is 44.8 Å². The first-order valence-corrected chi connectivity index (χ1v) is 19.3. The lowest BCUT2D eigenvalue weighted by Crippen LogP contribution is -2.39. The Hall–Kier alpha value is -4.41. The topological polar surface area (TPSA) is 145 Å². The number of carboxylic acids is 1. The van der Waals surface area contributed by atoms with Crippen molar-refractivity contribution in [3.8, 4) is 22.3 Å². The highest BCUT2D eigenvalue weighted by atomic mass is 35.5. The Bertz CT molecular complexity index is 1840. The van der Waals surface area contributed by atoms with Crippen LogP contribution in [0.1, 0.15) is 64.5 Å². The average Bonchev–Trinajstić information content (AvgIpc) is 3.15.